The van der Waals surface area contributed by atoms with Crippen molar-refractivity contribution in [1.82, 2.24) is 9.88 Å². The maximum absolute atomic E-state index is 13.9. The fourth-order valence-corrected chi connectivity index (χ4v) is 5.78. The number of carbonyl (C=O) groups is 1. The SMILES string of the molecule is CCN(Cc1cnc2ccccc2c1)C(=O)CN(c1ccccc1OC)S(=O)(=O)c1ccccc1C. The van der Waals surface area contributed by atoms with Gasteiger partial charge in [-0.3, -0.25) is 14.1 Å². The number of carbonyl (C=O) groups excluding carboxylic acids is 1. The summed E-state index contributed by atoms with van der Waals surface area (Å²) in [7, 11) is -2.59. The molecule has 1 heterocycles. The topological polar surface area (TPSA) is 79.8 Å². The molecule has 0 spiro atoms. The van der Waals surface area contributed by atoms with Crippen LogP contribution in [0.3, 0.4) is 0 Å². The van der Waals surface area contributed by atoms with Crippen LogP contribution in [0.1, 0.15) is 18.1 Å². The molecule has 3 aromatic carbocycles. The average molecular weight is 504 g/mol. The smallest absolute Gasteiger partial charge is 0.265 e. The van der Waals surface area contributed by atoms with Gasteiger partial charge in [-0.2, -0.15) is 0 Å². The molecule has 0 atom stereocenters. The molecule has 0 aliphatic carbocycles. The van der Waals surface area contributed by atoms with Crippen LogP contribution >= 0.6 is 0 Å². The molecule has 0 N–H and O–H groups in total. The number of nitrogens with zero attached hydrogens (tertiary/aromatic N) is 3. The molecular formula is C28H29N3O4S. The van der Waals surface area contributed by atoms with Gasteiger partial charge in [0.2, 0.25) is 5.91 Å². The zero-order chi connectivity index (χ0) is 25.7. The van der Waals surface area contributed by atoms with E-state index in [9.17, 15) is 13.2 Å². The van der Waals surface area contributed by atoms with Crippen molar-refractivity contribution in [2.45, 2.75) is 25.3 Å². The van der Waals surface area contributed by atoms with Crippen LogP contribution in [0.4, 0.5) is 5.69 Å². The standard InChI is InChI=1S/C28H29N3O4S/c1-4-30(19-22-17-23-12-6-7-13-24(23)29-18-22)28(32)20-31(25-14-8-9-15-26(25)35-3)36(33,34)27-16-10-5-11-21(27)2/h5-18H,4,19-20H2,1-3H3. The molecule has 1 amide bonds. The lowest BCUT2D eigenvalue weighted by molar-refractivity contribution is -0.129. The molecule has 0 radical (unpaired) electrons. The van der Waals surface area contributed by atoms with Crippen LogP contribution in [0.25, 0.3) is 10.9 Å². The van der Waals surface area contributed by atoms with Crippen LogP contribution < -0.4 is 9.04 Å². The number of hydrogen-bond acceptors (Lipinski definition) is 5. The number of likely N-dealkylation sites (N-methyl/N-ethyl adjacent to an activating group) is 1. The third-order valence-corrected chi connectivity index (χ3v) is 7.97. The number of hydrogen-bond donors (Lipinski definition) is 0. The van der Waals surface area contributed by atoms with Gasteiger partial charge in [0.25, 0.3) is 10.0 Å². The van der Waals surface area contributed by atoms with Gasteiger partial charge in [-0.15, -0.1) is 0 Å². The van der Waals surface area contributed by atoms with E-state index in [1.165, 1.54) is 7.11 Å². The van der Waals surface area contributed by atoms with Gasteiger partial charge in [-0.1, -0.05) is 48.5 Å². The zero-order valence-corrected chi connectivity index (χ0v) is 21.4. The summed E-state index contributed by atoms with van der Waals surface area (Å²) in [6, 6.07) is 23.3. The fraction of sp³-hybridized carbons (Fsp3) is 0.214. The molecule has 186 valence electrons. The highest BCUT2D eigenvalue weighted by molar-refractivity contribution is 7.93. The molecule has 0 aliphatic heterocycles. The van der Waals surface area contributed by atoms with Crippen LogP contribution in [-0.2, 0) is 21.4 Å². The lowest BCUT2D eigenvalue weighted by atomic mass is 10.1. The summed E-state index contributed by atoms with van der Waals surface area (Å²) in [5.41, 5.74) is 2.65. The maximum Gasteiger partial charge on any atom is 0.265 e. The number of ether oxygens (including phenoxy) is 1. The van der Waals surface area contributed by atoms with Crippen LogP contribution in [0.15, 0.2) is 90.0 Å². The first kappa shape index (κ1) is 25.2. The first-order valence-corrected chi connectivity index (χ1v) is 13.1. The number of rotatable bonds is 9. The molecule has 7 nitrogen and oxygen atoms in total. The number of pyridine rings is 1. The largest absolute Gasteiger partial charge is 0.495 e. The Morgan fingerprint density at radius 1 is 0.972 bits per heavy atom. The second kappa shape index (κ2) is 10.8. The number of sulfonamides is 1. The first-order valence-electron chi connectivity index (χ1n) is 11.7. The summed E-state index contributed by atoms with van der Waals surface area (Å²) in [6.07, 6.45) is 1.75. The Balaban J connectivity index is 1.68. The van der Waals surface area contributed by atoms with Crippen LogP contribution in [0, 0.1) is 6.92 Å². The van der Waals surface area contributed by atoms with Crippen LogP contribution in [0.2, 0.25) is 0 Å². The van der Waals surface area contributed by atoms with Gasteiger partial charge >= 0.3 is 0 Å². The van der Waals surface area contributed by atoms with E-state index in [1.807, 2.05) is 37.3 Å². The van der Waals surface area contributed by atoms with Crippen molar-refractivity contribution >= 4 is 32.5 Å². The molecule has 0 aliphatic rings. The Morgan fingerprint density at radius 3 is 2.42 bits per heavy atom. The van der Waals surface area contributed by atoms with E-state index >= 15 is 0 Å². The number of fused-ring (bicyclic) bond motifs is 1. The summed E-state index contributed by atoms with van der Waals surface area (Å²) in [5, 5.41) is 0.983. The van der Waals surface area contributed by atoms with E-state index < -0.39 is 10.0 Å². The summed E-state index contributed by atoms with van der Waals surface area (Å²) in [6.45, 7) is 3.97. The minimum atomic E-state index is -4.06. The van der Waals surface area contributed by atoms with Gasteiger partial charge in [-0.25, -0.2) is 8.42 Å². The number of aromatic nitrogens is 1. The van der Waals surface area contributed by atoms with Gasteiger partial charge in [0.1, 0.15) is 12.3 Å². The molecule has 0 saturated carbocycles. The summed E-state index contributed by atoms with van der Waals surface area (Å²) >= 11 is 0. The highest BCUT2D eigenvalue weighted by Crippen LogP contribution is 2.33. The third-order valence-electron chi connectivity index (χ3n) is 6.05. The van der Waals surface area contributed by atoms with E-state index in [1.54, 1.807) is 66.6 Å². The van der Waals surface area contributed by atoms with E-state index in [0.29, 0.717) is 30.1 Å². The second-order valence-electron chi connectivity index (χ2n) is 8.39. The molecule has 8 heteroatoms. The Morgan fingerprint density at radius 2 is 1.67 bits per heavy atom. The predicted molar refractivity (Wildman–Crippen MR) is 142 cm³/mol. The highest BCUT2D eigenvalue weighted by atomic mass is 32.2. The minimum absolute atomic E-state index is 0.144. The second-order valence-corrected chi connectivity index (χ2v) is 10.2. The fourth-order valence-electron chi connectivity index (χ4n) is 4.12. The van der Waals surface area contributed by atoms with Gasteiger partial charge in [-0.05, 0) is 55.3 Å². The Labute approximate surface area is 212 Å². The van der Waals surface area contributed by atoms with Gasteiger partial charge < -0.3 is 9.64 Å². The van der Waals surface area contributed by atoms with E-state index in [0.717, 1.165) is 20.8 Å². The number of amides is 1. The van der Waals surface area contributed by atoms with Crippen LogP contribution in [0.5, 0.6) is 5.75 Å². The maximum atomic E-state index is 13.9. The average Bonchev–Trinajstić information content (AvgIpc) is 2.90. The first-order chi connectivity index (χ1) is 17.3. The number of anilines is 1. The number of benzene rings is 3. The Bertz CT molecular complexity index is 1490. The van der Waals surface area contributed by atoms with E-state index in [4.69, 9.17) is 4.74 Å². The number of aryl methyl sites for hydroxylation is 1. The lowest BCUT2D eigenvalue weighted by Crippen LogP contribution is -2.43. The molecule has 0 fully saturated rings. The number of methoxy groups -OCH3 is 1. The van der Waals surface area contributed by atoms with Crippen LogP contribution in [-0.4, -0.2) is 44.4 Å². The molecule has 36 heavy (non-hydrogen) atoms. The van der Waals surface area contributed by atoms with Crippen molar-refractivity contribution in [2.24, 2.45) is 0 Å². The van der Waals surface area contributed by atoms with E-state index in [-0.39, 0.29) is 17.3 Å². The van der Waals surface area contributed by atoms with E-state index in [2.05, 4.69) is 4.98 Å². The number of para-hydroxylation sites is 3. The van der Waals surface area contributed by atoms with Gasteiger partial charge in [0, 0.05) is 24.7 Å². The quantitative estimate of drug-likeness (QED) is 0.328. The summed E-state index contributed by atoms with van der Waals surface area (Å²) in [5.74, 6) is 0.0398. The van der Waals surface area contributed by atoms with Crippen molar-refractivity contribution in [3.63, 3.8) is 0 Å². The summed E-state index contributed by atoms with van der Waals surface area (Å²) in [4.78, 5) is 19.8. The van der Waals surface area contributed by atoms with Crippen molar-refractivity contribution in [3.05, 3.63) is 96.2 Å². The molecule has 0 unspecified atom stereocenters. The zero-order valence-electron chi connectivity index (χ0n) is 20.6. The normalized spacial score (nSPS) is 11.3. The highest BCUT2D eigenvalue weighted by Gasteiger charge is 2.31. The Kier molecular flexibility index (Phi) is 7.55. The van der Waals surface area contributed by atoms with Crippen molar-refractivity contribution in [1.29, 1.82) is 0 Å². The van der Waals surface area contributed by atoms with Gasteiger partial charge in [0.15, 0.2) is 0 Å². The Hall–Kier alpha value is -3.91. The molecule has 0 bridgehead atoms. The molecule has 1 aromatic heterocycles. The predicted octanol–water partition coefficient (Wildman–Crippen LogP) is 4.80. The molecular weight excluding hydrogens is 474 g/mol. The van der Waals surface area contributed by atoms with Crippen molar-refractivity contribution in [3.8, 4) is 5.75 Å². The third kappa shape index (κ3) is 5.18. The summed E-state index contributed by atoms with van der Waals surface area (Å²) < 4.78 is 34.3. The molecule has 4 rings (SSSR count). The lowest BCUT2D eigenvalue weighted by Gasteiger charge is -2.29. The van der Waals surface area contributed by atoms with Gasteiger partial charge in [0.05, 0.1) is 23.2 Å². The van der Waals surface area contributed by atoms with Crippen molar-refractivity contribution < 1.29 is 17.9 Å². The molecule has 4 aromatic rings. The minimum Gasteiger partial charge on any atom is -0.495 e. The molecule has 0 saturated heterocycles. The van der Waals surface area contributed by atoms with Crippen molar-refractivity contribution in [2.75, 3.05) is 24.5 Å². The monoisotopic (exact) mass is 503 g/mol.